The number of ether oxygens (including phenoxy) is 1. The summed E-state index contributed by atoms with van der Waals surface area (Å²) >= 11 is 7.66. The molecule has 0 bridgehead atoms. The molecule has 2 aromatic carbocycles. The minimum Gasteiger partial charge on any atom is -0.490 e. The zero-order valence-corrected chi connectivity index (χ0v) is 19.1. The van der Waals surface area contributed by atoms with E-state index in [2.05, 4.69) is 52.3 Å². The molecule has 4 rings (SSSR count). The summed E-state index contributed by atoms with van der Waals surface area (Å²) in [6, 6.07) is 10.8. The van der Waals surface area contributed by atoms with Crippen molar-refractivity contribution < 1.29 is 13.3 Å². The van der Waals surface area contributed by atoms with Crippen molar-refractivity contribution in [2.75, 3.05) is 17.9 Å². The Balaban J connectivity index is 1.47. The number of rotatable bonds is 7. The summed E-state index contributed by atoms with van der Waals surface area (Å²) in [5.74, 6) is -0.0338. The molecule has 9 heteroatoms. The van der Waals surface area contributed by atoms with Gasteiger partial charge in [-0.05, 0) is 37.1 Å². The van der Waals surface area contributed by atoms with Crippen LogP contribution in [0.5, 0.6) is 5.75 Å². The van der Waals surface area contributed by atoms with Gasteiger partial charge in [0.1, 0.15) is 24.0 Å². The predicted octanol–water partition coefficient (Wildman–Crippen LogP) is 5.20. The largest absolute Gasteiger partial charge is 0.490 e. The molecule has 0 amide bonds. The molecule has 0 fully saturated rings. The van der Waals surface area contributed by atoms with E-state index in [1.165, 1.54) is 29.0 Å². The molecule has 2 unspecified atom stereocenters. The molecule has 0 aliphatic carbocycles. The summed E-state index contributed by atoms with van der Waals surface area (Å²) < 4.78 is 35.6. The zero-order chi connectivity index (χ0) is 21.8. The van der Waals surface area contributed by atoms with E-state index >= 15 is 0 Å². The van der Waals surface area contributed by atoms with Gasteiger partial charge in [-0.2, -0.15) is 0 Å². The van der Waals surface area contributed by atoms with Gasteiger partial charge in [0.05, 0.1) is 21.5 Å². The van der Waals surface area contributed by atoms with Gasteiger partial charge in [-0.3, -0.25) is 4.72 Å². The first-order chi connectivity index (χ1) is 15.0. The van der Waals surface area contributed by atoms with Crippen LogP contribution in [0.2, 0.25) is 5.02 Å². The van der Waals surface area contributed by atoms with Crippen molar-refractivity contribution in [2.24, 2.45) is 0 Å². The number of aryl methyl sites for hydroxylation is 1. The Morgan fingerprint density at radius 3 is 2.90 bits per heavy atom. The summed E-state index contributed by atoms with van der Waals surface area (Å²) in [5, 5.41) is 5.33. The van der Waals surface area contributed by atoms with Gasteiger partial charge in [0.15, 0.2) is 11.0 Å². The second-order valence-electron chi connectivity index (χ2n) is 7.09. The monoisotopic (exact) mass is 477 g/mol. The third-order valence-electron chi connectivity index (χ3n) is 4.88. The molecule has 0 saturated carbocycles. The fourth-order valence-electron chi connectivity index (χ4n) is 3.30. The average molecular weight is 478 g/mol. The molecular weight excluding hydrogens is 457 g/mol. The SMILES string of the molecule is Cc1ccc(C2=CCCNC2COc2cc(F)c(S(=O)Nc3cscn3)cc2Cl)cc1. The summed E-state index contributed by atoms with van der Waals surface area (Å²) in [5.41, 5.74) is 5.07. The van der Waals surface area contributed by atoms with Crippen LogP contribution < -0.4 is 14.8 Å². The molecule has 2 heterocycles. The van der Waals surface area contributed by atoms with Crippen molar-refractivity contribution in [1.82, 2.24) is 10.3 Å². The molecule has 2 atom stereocenters. The highest BCUT2D eigenvalue weighted by Crippen LogP contribution is 2.31. The van der Waals surface area contributed by atoms with E-state index in [0.29, 0.717) is 12.4 Å². The first-order valence-corrected chi connectivity index (χ1v) is 12.2. The first kappa shape index (κ1) is 22.0. The summed E-state index contributed by atoms with van der Waals surface area (Å²) in [7, 11) is -1.83. The Kier molecular flexibility index (Phi) is 7.02. The Morgan fingerprint density at radius 1 is 1.35 bits per heavy atom. The number of hydrogen-bond donors (Lipinski definition) is 2. The van der Waals surface area contributed by atoms with Crippen LogP contribution in [-0.4, -0.2) is 28.4 Å². The maximum Gasteiger partial charge on any atom is 0.154 e. The smallest absolute Gasteiger partial charge is 0.154 e. The number of aromatic nitrogens is 1. The van der Waals surface area contributed by atoms with Crippen molar-refractivity contribution in [3.63, 3.8) is 0 Å². The van der Waals surface area contributed by atoms with E-state index in [9.17, 15) is 8.60 Å². The van der Waals surface area contributed by atoms with E-state index in [0.717, 1.165) is 24.1 Å². The molecule has 0 radical (unpaired) electrons. The quantitative estimate of drug-likeness (QED) is 0.490. The number of hydrogen-bond acceptors (Lipinski definition) is 5. The van der Waals surface area contributed by atoms with Gasteiger partial charge in [0, 0.05) is 11.4 Å². The fraction of sp³-hybridized carbons (Fsp3) is 0.227. The second-order valence-corrected chi connectivity index (χ2v) is 9.40. The van der Waals surface area contributed by atoms with Gasteiger partial charge in [-0.25, -0.2) is 13.6 Å². The number of nitrogens with zero attached hydrogens (tertiary/aromatic N) is 1. The van der Waals surface area contributed by atoms with Crippen molar-refractivity contribution >= 4 is 45.3 Å². The number of nitrogens with one attached hydrogen (secondary N) is 2. The minimum atomic E-state index is -1.83. The van der Waals surface area contributed by atoms with Crippen LogP contribution in [0.1, 0.15) is 17.5 Å². The molecule has 0 saturated heterocycles. The summed E-state index contributed by atoms with van der Waals surface area (Å²) in [6.07, 6.45) is 3.13. The molecule has 31 heavy (non-hydrogen) atoms. The highest BCUT2D eigenvalue weighted by Gasteiger charge is 2.21. The van der Waals surface area contributed by atoms with Gasteiger partial charge in [-0.15, -0.1) is 11.3 Å². The van der Waals surface area contributed by atoms with E-state index in [1.54, 1.807) is 10.9 Å². The van der Waals surface area contributed by atoms with E-state index in [-0.39, 0.29) is 21.7 Å². The van der Waals surface area contributed by atoms with Gasteiger partial charge >= 0.3 is 0 Å². The van der Waals surface area contributed by atoms with E-state index in [4.69, 9.17) is 16.3 Å². The molecule has 2 N–H and O–H groups in total. The number of thiazole rings is 1. The highest BCUT2D eigenvalue weighted by atomic mass is 35.5. The standard InChI is InChI=1S/C22H21ClFN3O2S2/c1-14-4-6-15(7-5-14)16-3-2-8-25-19(16)11-29-20-10-18(24)21(9-17(20)23)31(28)27-22-12-30-13-26-22/h3-7,9-10,12-13,19,25,27H,2,8,11H2,1H3. The maximum atomic E-state index is 14.6. The van der Waals surface area contributed by atoms with Crippen molar-refractivity contribution in [3.05, 3.63) is 75.3 Å². The molecular formula is C22H21ClFN3O2S2. The average Bonchev–Trinajstić information content (AvgIpc) is 3.28. The van der Waals surface area contributed by atoms with Crippen LogP contribution >= 0.6 is 22.9 Å². The molecule has 1 aromatic heterocycles. The Morgan fingerprint density at radius 2 is 2.16 bits per heavy atom. The summed E-state index contributed by atoms with van der Waals surface area (Å²) in [6.45, 7) is 3.18. The van der Waals surface area contributed by atoms with Gasteiger partial charge < -0.3 is 10.1 Å². The van der Waals surface area contributed by atoms with Crippen LogP contribution in [0.4, 0.5) is 10.2 Å². The predicted molar refractivity (Wildman–Crippen MR) is 125 cm³/mol. The zero-order valence-electron chi connectivity index (χ0n) is 16.7. The lowest BCUT2D eigenvalue weighted by Crippen LogP contribution is -2.38. The van der Waals surface area contributed by atoms with Crippen LogP contribution in [0, 0.1) is 12.7 Å². The van der Waals surface area contributed by atoms with Crippen LogP contribution in [0.25, 0.3) is 5.57 Å². The molecule has 1 aliphatic heterocycles. The fourth-order valence-corrected chi connectivity index (χ4v) is 5.01. The maximum absolute atomic E-state index is 14.6. The lowest BCUT2D eigenvalue weighted by atomic mass is 9.94. The Hall–Kier alpha value is -2.26. The third-order valence-corrected chi connectivity index (χ3v) is 6.87. The van der Waals surface area contributed by atoms with Crippen molar-refractivity contribution in [1.29, 1.82) is 0 Å². The van der Waals surface area contributed by atoms with Gasteiger partial charge in [0.2, 0.25) is 0 Å². The Labute approximate surface area is 191 Å². The van der Waals surface area contributed by atoms with Gasteiger partial charge in [-0.1, -0.05) is 47.5 Å². The first-order valence-electron chi connectivity index (χ1n) is 9.70. The lowest BCUT2D eigenvalue weighted by Gasteiger charge is -2.26. The molecule has 3 aromatic rings. The Bertz CT molecular complexity index is 1100. The van der Waals surface area contributed by atoms with E-state index in [1.807, 2.05) is 0 Å². The highest BCUT2D eigenvalue weighted by molar-refractivity contribution is 7.86. The molecule has 5 nitrogen and oxygen atoms in total. The topological polar surface area (TPSA) is 63.2 Å². The van der Waals surface area contributed by atoms with Gasteiger partial charge in [0.25, 0.3) is 0 Å². The summed E-state index contributed by atoms with van der Waals surface area (Å²) in [4.78, 5) is 3.94. The molecule has 162 valence electrons. The van der Waals surface area contributed by atoms with Crippen LogP contribution in [0.3, 0.4) is 0 Å². The molecule has 1 aliphatic rings. The van der Waals surface area contributed by atoms with Crippen LogP contribution in [-0.2, 0) is 11.0 Å². The van der Waals surface area contributed by atoms with Crippen LogP contribution in [0.15, 0.2) is 58.3 Å². The number of benzene rings is 2. The minimum absolute atomic E-state index is 0.0456. The number of halogens is 2. The normalized spacial score (nSPS) is 17.1. The van der Waals surface area contributed by atoms with Crippen molar-refractivity contribution in [2.45, 2.75) is 24.3 Å². The molecule has 0 spiro atoms. The number of anilines is 1. The van der Waals surface area contributed by atoms with Crippen molar-refractivity contribution in [3.8, 4) is 5.75 Å². The third kappa shape index (κ3) is 5.33. The lowest BCUT2D eigenvalue weighted by molar-refractivity contribution is 0.287. The van der Waals surface area contributed by atoms with E-state index < -0.39 is 16.8 Å². The second kappa shape index (κ2) is 9.91.